The molecule has 1 nitrogen and oxygen atoms in total. The summed E-state index contributed by atoms with van der Waals surface area (Å²) in [5.74, 6) is 0.762. The van der Waals surface area contributed by atoms with E-state index >= 15 is 0 Å². The highest BCUT2D eigenvalue weighted by Crippen LogP contribution is 2.52. The highest BCUT2D eigenvalue weighted by atomic mass is 14.7. The van der Waals surface area contributed by atoms with E-state index < -0.39 is 0 Å². The zero-order valence-electron chi connectivity index (χ0n) is 16.6. The monoisotopic (exact) mass is 367 g/mol. The van der Waals surface area contributed by atoms with Crippen molar-refractivity contribution in [3.05, 3.63) is 78.5 Å². The third-order valence-corrected chi connectivity index (χ3v) is 7.26. The van der Waals surface area contributed by atoms with Crippen LogP contribution < -0.4 is 0 Å². The van der Waals surface area contributed by atoms with Crippen LogP contribution in [0.2, 0.25) is 0 Å². The summed E-state index contributed by atoms with van der Waals surface area (Å²) in [5.41, 5.74) is 7.00. The van der Waals surface area contributed by atoms with Gasteiger partial charge in [-0.15, -0.1) is 0 Å². The summed E-state index contributed by atoms with van der Waals surface area (Å²) >= 11 is 0. The fraction of sp³-hybridized carbons (Fsp3) is 0.370. The molecule has 0 bridgehead atoms. The molecule has 2 aromatic carbocycles. The highest BCUT2D eigenvalue weighted by molar-refractivity contribution is 5.70. The van der Waals surface area contributed by atoms with Crippen molar-refractivity contribution in [1.82, 2.24) is 4.98 Å². The van der Waals surface area contributed by atoms with Crippen molar-refractivity contribution in [1.29, 1.82) is 0 Å². The third-order valence-electron chi connectivity index (χ3n) is 7.26. The summed E-state index contributed by atoms with van der Waals surface area (Å²) in [6.07, 6.45) is 13.5. The van der Waals surface area contributed by atoms with E-state index in [1.807, 2.05) is 12.3 Å². The zero-order chi connectivity index (χ0) is 18.8. The van der Waals surface area contributed by atoms with Gasteiger partial charge in [0.2, 0.25) is 0 Å². The van der Waals surface area contributed by atoms with Crippen molar-refractivity contribution in [3.63, 3.8) is 0 Å². The van der Waals surface area contributed by atoms with Crippen molar-refractivity contribution in [2.75, 3.05) is 0 Å². The molecular weight excluding hydrogens is 338 g/mol. The summed E-state index contributed by atoms with van der Waals surface area (Å²) in [5, 5.41) is 0. The smallest absolute Gasteiger partial charge is 0.0708 e. The lowest BCUT2D eigenvalue weighted by Gasteiger charge is -2.37. The van der Waals surface area contributed by atoms with Crippen molar-refractivity contribution in [3.8, 4) is 22.4 Å². The molecule has 28 heavy (non-hydrogen) atoms. The lowest BCUT2D eigenvalue weighted by atomic mass is 9.68. The number of hydrogen-bond donors (Lipinski definition) is 0. The minimum atomic E-state index is 0.724. The standard InChI is InChI=1S/C27H29N/c1-2-6-24(7-3-1)26-20-25(14-19-28-26)22-10-8-21(9-11-22)23-12-17-27(18-13-23)15-4-5-16-27/h1-3,6-11,14,19-20,23H,4-5,12-13,15-18H2. The van der Waals surface area contributed by atoms with Gasteiger partial charge in [0.1, 0.15) is 0 Å². The SMILES string of the molecule is c1ccc(-c2cc(-c3ccc(C4CCC5(CCCC5)CC4)cc3)ccn2)cc1. The second-order valence-electron chi connectivity index (χ2n) is 8.90. The van der Waals surface area contributed by atoms with Gasteiger partial charge in [-0.05, 0) is 78.7 Å². The van der Waals surface area contributed by atoms with E-state index in [1.54, 1.807) is 0 Å². The Kier molecular flexibility index (Phi) is 4.76. The molecule has 1 heteroatoms. The van der Waals surface area contributed by atoms with E-state index in [4.69, 9.17) is 0 Å². The predicted octanol–water partition coefficient (Wildman–Crippen LogP) is 7.63. The van der Waals surface area contributed by atoms with Crippen LogP contribution >= 0.6 is 0 Å². The summed E-state index contributed by atoms with van der Waals surface area (Å²) in [6, 6.07) is 24.1. The maximum atomic E-state index is 4.56. The predicted molar refractivity (Wildman–Crippen MR) is 117 cm³/mol. The first-order valence-electron chi connectivity index (χ1n) is 10.9. The Morgan fingerprint density at radius 2 is 1.39 bits per heavy atom. The molecule has 2 aliphatic rings. The molecule has 0 unspecified atom stereocenters. The molecular formula is C27H29N. The molecule has 2 saturated carbocycles. The summed E-state index contributed by atoms with van der Waals surface area (Å²) in [7, 11) is 0. The normalized spacial score (nSPS) is 19.1. The average molecular weight is 368 g/mol. The Labute approximate surface area is 168 Å². The molecule has 2 aliphatic carbocycles. The maximum absolute atomic E-state index is 4.56. The molecule has 0 N–H and O–H groups in total. The van der Waals surface area contributed by atoms with Crippen LogP contribution in [0.1, 0.15) is 62.8 Å². The molecule has 1 aromatic heterocycles. The van der Waals surface area contributed by atoms with E-state index in [-0.39, 0.29) is 0 Å². The first kappa shape index (κ1) is 17.7. The Bertz CT molecular complexity index is 910. The first-order chi connectivity index (χ1) is 13.8. The quantitative estimate of drug-likeness (QED) is 0.463. The van der Waals surface area contributed by atoms with Crippen molar-refractivity contribution < 1.29 is 0 Å². The second kappa shape index (κ2) is 7.54. The van der Waals surface area contributed by atoms with Gasteiger partial charge in [-0.25, -0.2) is 0 Å². The van der Waals surface area contributed by atoms with E-state index in [9.17, 15) is 0 Å². The molecule has 5 rings (SSSR count). The van der Waals surface area contributed by atoms with Gasteiger partial charge in [-0.2, -0.15) is 0 Å². The van der Waals surface area contributed by atoms with Gasteiger partial charge in [0.05, 0.1) is 5.69 Å². The number of rotatable bonds is 3. The fourth-order valence-electron chi connectivity index (χ4n) is 5.51. The minimum Gasteiger partial charge on any atom is -0.256 e. The molecule has 0 atom stereocenters. The Morgan fingerprint density at radius 3 is 2.11 bits per heavy atom. The Morgan fingerprint density at radius 1 is 0.679 bits per heavy atom. The van der Waals surface area contributed by atoms with Crippen LogP contribution in [0.25, 0.3) is 22.4 Å². The Hall–Kier alpha value is -2.41. The molecule has 1 heterocycles. The number of aromatic nitrogens is 1. The number of pyridine rings is 1. The van der Waals surface area contributed by atoms with Gasteiger partial charge < -0.3 is 0 Å². The second-order valence-corrected chi connectivity index (χ2v) is 8.90. The molecule has 3 aromatic rings. The van der Waals surface area contributed by atoms with Crippen LogP contribution in [0.5, 0.6) is 0 Å². The third kappa shape index (κ3) is 3.51. The lowest BCUT2D eigenvalue weighted by Crippen LogP contribution is -2.23. The fourth-order valence-corrected chi connectivity index (χ4v) is 5.51. The van der Waals surface area contributed by atoms with Crippen molar-refractivity contribution in [2.24, 2.45) is 5.41 Å². The van der Waals surface area contributed by atoms with E-state index in [0.717, 1.165) is 17.0 Å². The van der Waals surface area contributed by atoms with Crippen LogP contribution in [0.15, 0.2) is 72.9 Å². The van der Waals surface area contributed by atoms with Crippen molar-refractivity contribution in [2.45, 2.75) is 57.3 Å². The topological polar surface area (TPSA) is 12.9 Å². The van der Waals surface area contributed by atoms with E-state index in [2.05, 4.69) is 65.6 Å². The molecule has 142 valence electrons. The number of hydrogen-bond acceptors (Lipinski definition) is 1. The maximum Gasteiger partial charge on any atom is 0.0708 e. The van der Waals surface area contributed by atoms with E-state index in [0.29, 0.717) is 0 Å². The van der Waals surface area contributed by atoms with Crippen LogP contribution in [-0.4, -0.2) is 4.98 Å². The number of benzene rings is 2. The Balaban J connectivity index is 1.32. The lowest BCUT2D eigenvalue weighted by molar-refractivity contribution is 0.181. The molecule has 2 fully saturated rings. The van der Waals surface area contributed by atoms with Gasteiger partial charge in [-0.3, -0.25) is 4.98 Å². The van der Waals surface area contributed by atoms with Crippen LogP contribution in [0, 0.1) is 5.41 Å². The van der Waals surface area contributed by atoms with Crippen LogP contribution in [0.4, 0.5) is 0 Å². The van der Waals surface area contributed by atoms with Crippen LogP contribution in [-0.2, 0) is 0 Å². The zero-order valence-corrected chi connectivity index (χ0v) is 16.6. The van der Waals surface area contributed by atoms with Gasteiger partial charge in [-0.1, -0.05) is 67.4 Å². The van der Waals surface area contributed by atoms with Gasteiger partial charge in [0.25, 0.3) is 0 Å². The highest BCUT2D eigenvalue weighted by Gasteiger charge is 2.37. The number of nitrogens with zero attached hydrogens (tertiary/aromatic N) is 1. The molecule has 0 saturated heterocycles. The molecule has 0 radical (unpaired) electrons. The minimum absolute atomic E-state index is 0.724. The van der Waals surface area contributed by atoms with Gasteiger partial charge >= 0.3 is 0 Å². The summed E-state index contributed by atoms with van der Waals surface area (Å²) in [6.45, 7) is 0. The molecule has 0 aliphatic heterocycles. The first-order valence-corrected chi connectivity index (χ1v) is 10.9. The molecule has 1 spiro atoms. The average Bonchev–Trinajstić information content (AvgIpc) is 3.23. The van der Waals surface area contributed by atoms with Crippen molar-refractivity contribution >= 4 is 0 Å². The van der Waals surface area contributed by atoms with E-state index in [1.165, 1.54) is 73.6 Å². The largest absolute Gasteiger partial charge is 0.256 e. The van der Waals surface area contributed by atoms with Gasteiger partial charge in [0.15, 0.2) is 0 Å². The van der Waals surface area contributed by atoms with Crippen LogP contribution in [0.3, 0.4) is 0 Å². The molecule has 0 amide bonds. The summed E-state index contributed by atoms with van der Waals surface area (Å²) in [4.78, 5) is 4.56. The summed E-state index contributed by atoms with van der Waals surface area (Å²) < 4.78 is 0. The van der Waals surface area contributed by atoms with Gasteiger partial charge in [0, 0.05) is 11.8 Å².